The zero-order chi connectivity index (χ0) is 25.2. The van der Waals surface area contributed by atoms with Gasteiger partial charge in [-0.3, -0.25) is 9.69 Å². The second-order valence-electron chi connectivity index (χ2n) is 7.95. The van der Waals surface area contributed by atoms with Gasteiger partial charge in [-0.05, 0) is 67.3 Å². The molecule has 1 aliphatic heterocycles. The quantitative estimate of drug-likeness (QED) is 0.393. The van der Waals surface area contributed by atoms with Crippen LogP contribution in [-0.2, 0) is 20.4 Å². The summed E-state index contributed by atoms with van der Waals surface area (Å²) in [5, 5.41) is 0.549. The van der Waals surface area contributed by atoms with E-state index in [9.17, 15) is 22.8 Å². The molecule has 1 heterocycles. The summed E-state index contributed by atoms with van der Waals surface area (Å²) in [5.41, 5.74) is -0.0180. The van der Waals surface area contributed by atoms with E-state index in [1.165, 1.54) is 24.1 Å². The number of carbonyl (C=O) groups is 2. The van der Waals surface area contributed by atoms with Crippen molar-refractivity contribution in [3.05, 3.63) is 63.1 Å². The van der Waals surface area contributed by atoms with E-state index in [0.717, 1.165) is 12.1 Å². The number of methoxy groups -OCH3 is 1. The van der Waals surface area contributed by atoms with Crippen LogP contribution in [0.2, 0.25) is 10.0 Å². The number of halogens is 5. The van der Waals surface area contributed by atoms with Crippen molar-refractivity contribution in [3.8, 4) is 0 Å². The van der Waals surface area contributed by atoms with Gasteiger partial charge in [0.2, 0.25) is 0 Å². The maximum absolute atomic E-state index is 13.6. The Morgan fingerprint density at radius 3 is 2.29 bits per heavy atom. The van der Waals surface area contributed by atoms with Gasteiger partial charge in [0.1, 0.15) is 0 Å². The average molecular weight is 518 g/mol. The molecule has 0 N–H and O–H groups in total. The Hall–Kier alpha value is -2.45. The van der Waals surface area contributed by atoms with Crippen molar-refractivity contribution in [1.82, 2.24) is 0 Å². The standard InChI is InChI=1S/C24H24Cl2F3NO4/c1-4-17-12-19(21(22(31)33-3)13-8-15(25)11-16(26)9-13)18-10-14(24(27,28)29)6-7-20(18)30(17)23(32)34-5-2/h6-11,17,19,21H,4-5,12H2,1-3H3/t17-,19?,21?/m0/s1. The number of alkyl halides is 3. The summed E-state index contributed by atoms with van der Waals surface area (Å²) >= 11 is 12.3. The Labute approximate surface area is 205 Å². The van der Waals surface area contributed by atoms with Crippen molar-refractivity contribution in [2.24, 2.45) is 0 Å². The highest BCUT2D eigenvalue weighted by molar-refractivity contribution is 6.34. The lowest BCUT2D eigenvalue weighted by molar-refractivity contribution is -0.143. The van der Waals surface area contributed by atoms with Gasteiger partial charge in [0.05, 0.1) is 30.9 Å². The van der Waals surface area contributed by atoms with Crippen LogP contribution in [0.1, 0.15) is 55.2 Å². The molecule has 3 atom stereocenters. The van der Waals surface area contributed by atoms with Crippen LogP contribution in [0.25, 0.3) is 0 Å². The van der Waals surface area contributed by atoms with Crippen LogP contribution in [0.5, 0.6) is 0 Å². The first kappa shape index (κ1) is 26.2. The third kappa shape index (κ3) is 5.28. The second-order valence-corrected chi connectivity index (χ2v) is 8.82. The summed E-state index contributed by atoms with van der Waals surface area (Å²) in [6.45, 7) is 3.61. The molecular formula is C24H24Cl2F3NO4. The first-order chi connectivity index (χ1) is 16.0. The molecule has 0 radical (unpaired) electrons. The molecule has 1 aliphatic rings. The fraction of sp³-hybridized carbons (Fsp3) is 0.417. The summed E-state index contributed by atoms with van der Waals surface area (Å²) in [5.74, 6) is -2.39. The van der Waals surface area contributed by atoms with Crippen LogP contribution in [-0.4, -0.2) is 31.8 Å². The van der Waals surface area contributed by atoms with Gasteiger partial charge in [-0.25, -0.2) is 4.79 Å². The number of rotatable bonds is 5. The topological polar surface area (TPSA) is 55.8 Å². The van der Waals surface area contributed by atoms with Crippen molar-refractivity contribution in [2.75, 3.05) is 18.6 Å². The lowest BCUT2D eigenvalue weighted by Crippen LogP contribution is -2.46. The van der Waals surface area contributed by atoms with Gasteiger partial charge in [0, 0.05) is 22.0 Å². The van der Waals surface area contributed by atoms with Gasteiger partial charge in [-0.2, -0.15) is 13.2 Å². The third-order valence-electron chi connectivity index (χ3n) is 5.94. The zero-order valence-corrected chi connectivity index (χ0v) is 20.3. The van der Waals surface area contributed by atoms with Crippen LogP contribution in [0.3, 0.4) is 0 Å². The Morgan fingerprint density at radius 1 is 1.12 bits per heavy atom. The molecule has 0 fully saturated rings. The lowest BCUT2D eigenvalue weighted by atomic mass is 9.74. The molecule has 1 amide bonds. The molecular weight excluding hydrogens is 494 g/mol. The van der Waals surface area contributed by atoms with Crippen molar-refractivity contribution >= 4 is 41.0 Å². The molecule has 0 aliphatic carbocycles. The lowest BCUT2D eigenvalue weighted by Gasteiger charge is -2.42. The zero-order valence-electron chi connectivity index (χ0n) is 18.8. The van der Waals surface area contributed by atoms with E-state index >= 15 is 0 Å². The molecule has 0 saturated heterocycles. The smallest absolute Gasteiger partial charge is 0.416 e. The Balaban J connectivity index is 2.27. The van der Waals surface area contributed by atoms with Crippen LogP contribution < -0.4 is 4.90 Å². The SMILES string of the molecule is CCOC(=O)N1c2ccc(C(F)(F)F)cc2C(C(C(=O)OC)c2cc(Cl)cc(Cl)c2)C[C@@H]1CC. The fourth-order valence-electron chi connectivity index (χ4n) is 4.49. The Kier molecular flexibility index (Phi) is 8.03. The largest absolute Gasteiger partial charge is 0.469 e. The van der Waals surface area contributed by atoms with E-state index in [1.807, 2.05) is 6.92 Å². The minimum Gasteiger partial charge on any atom is -0.469 e. The van der Waals surface area contributed by atoms with Crippen LogP contribution in [0.15, 0.2) is 36.4 Å². The maximum Gasteiger partial charge on any atom is 0.416 e. The van der Waals surface area contributed by atoms with Gasteiger partial charge < -0.3 is 9.47 Å². The van der Waals surface area contributed by atoms with Crippen molar-refractivity contribution in [3.63, 3.8) is 0 Å². The molecule has 0 saturated carbocycles. The normalized spacial score (nSPS) is 18.8. The van der Waals surface area contributed by atoms with Crippen molar-refractivity contribution in [1.29, 1.82) is 0 Å². The van der Waals surface area contributed by atoms with Crippen molar-refractivity contribution < 1.29 is 32.2 Å². The van der Waals surface area contributed by atoms with Crippen LogP contribution >= 0.6 is 23.2 Å². The first-order valence-corrected chi connectivity index (χ1v) is 11.5. The fourth-order valence-corrected chi connectivity index (χ4v) is 5.03. The molecule has 2 unspecified atom stereocenters. The predicted octanol–water partition coefficient (Wildman–Crippen LogP) is 7.20. The molecule has 0 bridgehead atoms. The van der Waals surface area contributed by atoms with E-state index in [4.69, 9.17) is 32.7 Å². The maximum atomic E-state index is 13.6. The van der Waals surface area contributed by atoms with Crippen LogP contribution in [0.4, 0.5) is 23.7 Å². The molecule has 0 spiro atoms. The number of hydrogen-bond donors (Lipinski definition) is 0. The summed E-state index contributed by atoms with van der Waals surface area (Å²) in [7, 11) is 1.21. The average Bonchev–Trinajstić information content (AvgIpc) is 2.77. The molecule has 5 nitrogen and oxygen atoms in total. The van der Waals surface area contributed by atoms with E-state index < -0.39 is 41.7 Å². The number of esters is 1. The number of ether oxygens (including phenoxy) is 2. The number of carbonyl (C=O) groups excluding carboxylic acids is 2. The Bertz CT molecular complexity index is 1060. The van der Waals surface area contributed by atoms with Gasteiger partial charge in [0.15, 0.2) is 0 Å². The highest BCUT2D eigenvalue weighted by Crippen LogP contribution is 2.49. The van der Waals surface area contributed by atoms with E-state index in [2.05, 4.69) is 0 Å². The molecule has 2 aromatic rings. The molecule has 184 valence electrons. The van der Waals surface area contributed by atoms with E-state index in [1.54, 1.807) is 19.1 Å². The Morgan fingerprint density at radius 2 is 1.76 bits per heavy atom. The minimum atomic E-state index is -4.62. The number of nitrogens with zero attached hydrogens (tertiary/aromatic N) is 1. The molecule has 3 rings (SSSR count). The van der Waals surface area contributed by atoms with Crippen molar-refractivity contribution in [2.45, 2.75) is 50.7 Å². The number of amides is 1. The summed E-state index contributed by atoms with van der Waals surface area (Å²) < 4.78 is 51.1. The third-order valence-corrected chi connectivity index (χ3v) is 6.38. The number of benzene rings is 2. The van der Waals surface area contributed by atoms with Crippen LogP contribution in [0, 0.1) is 0 Å². The van der Waals surface area contributed by atoms with Gasteiger partial charge >= 0.3 is 18.2 Å². The number of anilines is 1. The monoisotopic (exact) mass is 517 g/mol. The summed E-state index contributed by atoms with van der Waals surface area (Å²) in [6.07, 6.45) is -4.59. The van der Waals surface area contributed by atoms with Gasteiger partial charge in [0.25, 0.3) is 0 Å². The van der Waals surface area contributed by atoms with E-state index in [0.29, 0.717) is 12.0 Å². The molecule has 2 aromatic carbocycles. The predicted molar refractivity (Wildman–Crippen MR) is 124 cm³/mol. The molecule has 10 heteroatoms. The minimum absolute atomic E-state index is 0.108. The summed E-state index contributed by atoms with van der Waals surface area (Å²) in [6, 6.07) is 7.32. The molecule has 34 heavy (non-hydrogen) atoms. The van der Waals surface area contributed by atoms with Gasteiger partial charge in [-0.15, -0.1) is 0 Å². The number of fused-ring (bicyclic) bond motifs is 1. The van der Waals surface area contributed by atoms with Gasteiger partial charge in [-0.1, -0.05) is 30.1 Å². The summed E-state index contributed by atoms with van der Waals surface area (Å²) in [4.78, 5) is 27.2. The first-order valence-electron chi connectivity index (χ1n) is 10.7. The highest BCUT2D eigenvalue weighted by Gasteiger charge is 2.44. The number of hydrogen-bond acceptors (Lipinski definition) is 4. The van der Waals surface area contributed by atoms with E-state index in [-0.39, 0.29) is 34.3 Å². The highest BCUT2D eigenvalue weighted by atomic mass is 35.5. The second kappa shape index (κ2) is 10.4. The molecule has 0 aromatic heterocycles.